The second kappa shape index (κ2) is 5.92. The highest BCUT2D eigenvalue weighted by molar-refractivity contribution is 9.10. The fraction of sp³-hybridized carbons (Fsp3) is 0.143. The standard InChI is InChI=1S/C14H14BrN3O2/c1-8-3-10(15)7-17-13(8)18-14(19)9-4-11(16)6-12(5-9)20-2/h3-7H,16H2,1-2H3,(H,17,18,19). The number of anilines is 2. The van der Waals surface area contributed by atoms with Crippen molar-refractivity contribution < 1.29 is 9.53 Å². The minimum Gasteiger partial charge on any atom is -0.497 e. The molecule has 6 heteroatoms. The van der Waals surface area contributed by atoms with Gasteiger partial charge in [-0.3, -0.25) is 4.79 Å². The van der Waals surface area contributed by atoms with Gasteiger partial charge in [0.25, 0.3) is 5.91 Å². The second-order valence-electron chi connectivity index (χ2n) is 4.27. The van der Waals surface area contributed by atoms with Crippen molar-refractivity contribution in [2.45, 2.75) is 6.92 Å². The number of carbonyl (C=O) groups excluding carboxylic acids is 1. The number of aryl methyl sites for hydroxylation is 1. The molecule has 0 aliphatic carbocycles. The van der Waals surface area contributed by atoms with Crippen molar-refractivity contribution in [3.8, 4) is 5.75 Å². The Labute approximate surface area is 125 Å². The van der Waals surface area contributed by atoms with E-state index in [1.807, 2.05) is 13.0 Å². The first kappa shape index (κ1) is 14.3. The van der Waals surface area contributed by atoms with Gasteiger partial charge < -0.3 is 15.8 Å². The van der Waals surface area contributed by atoms with E-state index in [1.54, 1.807) is 24.4 Å². The van der Waals surface area contributed by atoms with Crippen LogP contribution in [0.1, 0.15) is 15.9 Å². The number of pyridine rings is 1. The van der Waals surface area contributed by atoms with E-state index in [0.717, 1.165) is 10.0 Å². The molecule has 2 aromatic rings. The average Bonchev–Trinajstić information content (AvgIpc) is 2.41. The highest BCUT2D eigenvalue weighted by atomic mass is 79.9. The van der Waals surface area contributed by atoms with E-state index in [9.17, 15) is 4.79 Å². The third kappa shape index (κ3) is 3.27. The van der Waals surface area contributed by atoms with Crippen LogP contribution in [0.25, 0.3) is 0 Å². The Bertz CT molecular complexity index is 659. The van der Waals surface area contributed by atoms with Crippen LogP contribution < -0.4 is 15.8 Å². The van der Waals surface area contributed by atoms with Gasteiger partial charge in [0.15, 0.2) is 0 Å². The molecule has 1 aromatic carbocycles. The lowest BCUT2D eigenvalue weighted by molar-refractivity contribution is 0.102. The van der Waals surface area contributed by atoms with Gasteiger partial charge in [-0.1, -0.05) is 0 Å². The number of amides is 1. The molecular formula is C14H14BrN3O2. The molecule has 1 aromatic heterocycles. The van der Waals surface area contributed by atoms with E-state index >= 15 is 0 Å². The molecule has 0 radical (unpaired) electrons. The Kier molecular flexibility index (Phi) is 4.24. The van der Waals surface area contributed by atoms with Crippen LogP contribution in [-0.4, -0.2) is 18.0 Å². The van der Waals surface area contributed by atoms with Crippen LogP contribution >= 0.6 is 15.9 Å². The lowest BCUT2D eigenvalue weighted by Crippen LogP contribution is -2.14. The third-order valence-electron chi connectivity index (χ3n) is 2.70. The maximum absolute atomic E-state index is 12.2. The summed E-state index contributed by atoms with van der Waals surface area (Å²) in [5, 5.41) is 2.75. The summed E-state index contributed by atoms with van der Waals surface area (Å²) >= 11 is 3.33. The van der Waals surface area contributed by atoms with E-state index in [1.165, 1.54) is 7.11 Å². The number of benzene rings is 1. The Morgan fingerprint density at radius 2 is 2.10 bits per heavy atom. The van der Waals surface area contributed by atoms with Gasteiger partial charge in [-0.05, 0) is 46.6 Å². The predicted octanol–water partition coefficient (Wildman–Crippen LogP) is 3.00. The molecule has 0 bridgehead atoms. The summed E-state index contributed by atoms with van der Waals surface area (Å²) in [4.78, 5) is 16.4. The topological polar surface area (TPSA) is 77.2 Å². The molecular weight excluding hydrogens is 322 g/mol. The van der Waals surface area contributed by atoms with E-state index in [2.05, 4.69) is 26.2 Å². The number of ether oxygens (including phenoxy) is 1. The molecule has 0 saturated heterocycles. The van der Waals surface area contributed by atoms with Gasteiger partial charge in [0.2, 0.25) is 0 Å². The first-order valence-electron chi connectivity index (χ1n) is 5.87. The molecule has 1 heterocycles. The van der Waals surface area contributed by atoms with Gasteiger partial charge in [-0.2, -0.15) is 0 Å². The molecule has 1 amide bonds. The van der Waals surface area contributed by atoms with Crippen molar-refractivity contribution in [3.05, 3.63) is 46.1 Å². The summed E-state index contributed by atoms with van der Waals surface area (Å²) in [7, 11) is 1.52. The number of methoxy groups -OCH3 is 1. The van der Waals surface area contributed by atoms with Gasteiger partial charge in [0.1, 0.15) is 11.6 Å². The fourth-order valence-corrected chi connectivity index (χ4v) is 2.17. The molecule has 104 valence electrons. The van der Waals surface area contributed by atoms with E-state index in [0.29, 0.717) is 22.8 Å². The number of hydrogen-bond donors (Lipinski definition) is 2. The summed E-state index contributed by atoms with van der Waals surface area (Å²) in [6.07, 6.45) is 1.63. The van der Waals surface area contributed by atoms with E-state index in [-0.39, 0.29) is 5.91 Å². The minimum absolute atomic E-state index is 0.284. The zero-order chi connectivity index (χ0) is 14.7. The van der Waals surface area contributed by atoms with Crippen molar-refractivity contribution in [1.29, 1.82) is 0 Å². The monoisotopic (exact) mass is 335 g/mol. The van der Waals surface area contributed by atoms with E-state index in [4.69, 9.17) is 10.5 Å². The molecule has 0 aliphatic rings. The van der Waals surface area contributed by atoms with Crippen molar-refractivity contribution in [3.63, 3.8) is 0 Å². The number of nitrogens with zero attached hydrogens (tertiary/aromatic N) is 1. The van der Waals surface area contributed by atoms with E-state index < -0.39 is 0 Å². The molecule has 0 saturated carbocycles. The van der Waals surface area contributed by atoms with Crippen LogP contribution in [0.3, 0.4) is 0 Å². The minimum atomic E-state index is -0.284. The number of carbonyl (C=O) groups is 1. The molecule has 5 nitrogen and oxygen atoms in total. The first-order chi connectivity index (χ1) is 9.49. The van der Waals surface area contributed by atoms with Gasteiger partial charge in [-0.15, -0.1) is 0 Å². The molecule has 0 fully saturated rings. The highest BCUT2D eigenvalue weighted by Gasteiger charge is 2.11. The number of hydrogen-bond acceptors (Lipinski definition) is 4. The second-order valence-corrected chi connectivity index (χ2v) is 5.18. The van der Waals surface area contributed by atoms with Crippen LogP contribution in [0.4, 0.5) is 11.5 Å². The molecule has 2 rings (SSSR count). The van der Waals surface area contributed by atoms with Gasteiger partial charge in [0, 0.05) is 28.0 Å². The summed E-state index contributed by atoms with van der Waals surface area (Å²) in [5.41, 5.74) is 7.49. The van der Waals surface area contributed by atoms with Crippen LogP contribution in [0.2, 0.25) is 0 Å². The lowest BCUT2D eigenvalue weighted by atomic mass is 10.1. The number of nitrogens with one attached hydrogen (secondary N) is 1. The largest absolute Gasteiger partial charge is 0.497 e. The number of rotatable bonds is 3. The third-order valence-corrected chi connectivity index (χ3v) is 3.14. The summed E-state index contributed by atoms with van der Waals surface area (Å²) in [6.45, 7) is 1.87. The molecule has 0 unspecified atom stereocenters. The van der Waals surface area contributed by atoms with Gasteiger partial charge >= 0.3 is 0 Å². The highest BCUT2D eigenvalue weighted by Crippen LogP contribution is 2.21. The number of nitrogen functional groups attached to an aromatic ring is 1. The number of nitrogens with two attached hydrogens (primary N) is 1. The van der Waals surface area contributed by atoms with Crippen molar-refractivity contribution in [2.75, 3.05) is 18.2 Å². The molecule has 0 spiro atoms. The van der Waals surface area contributed by atoms with Crippen LogP contribution in [0.5, 0.6) is 5.75 Å². The summed E-state index contributed by atoms with van der Waals surface area (Å²) in [5.74, 6) is 0.767. The SMILES string of the molecule is COc1cc(N)cc(C(=O)Nc2ncc(Br)cc2C)c1. The van der Waals surface area contributed by atoms with Crippen LogP contribution in [0.15, 0.2) is 34.9 Å². The average molecular weight is 336 g/mol. The van der Waals surface area contributed by atoms with Crippen molar-refractivity contribution in [1.82, 2.24) is 4.98 Å². The molecule has 3 N–H and O–H groups in total. The smallest absolute Gasteiger partial charge is 0.257 e. The maximum Gasteiger partial charge on any atom is 0.257 e. The van der Waals surface area contributed by atoms with Gasteiger partial charge in [-0.25, -0.2) is 4.98 Å². The molecule has 0 aliphatic heterocycles. The molecule has 20 heavy (non-hydrogen) atoms. The summed E-state index contributed by atoms with van der Waals surface area (Å²) < 4.78 is 5.95. The summed E-state index contributed by atoms with van der Waals surface area (Å²) in [6, 6.07) is 6.74. The Morgan fingerprint density at radius 1 is 1.35 bits per heavy atom. The Morgan fingerprint density at radius 3 is 2.75 bits per heavy atom. The Balaban J connectivity index is 2.26. The van der Waals surface area contributed by atoms with Crippen LogP contribution in [0, 0.1) is 6.92 Å². The Hall–Kier alpha value is -2.08. The normalized spacial score (nSPS) is 10.2. The van der Waals surface area contributed by atoms with Crippen LogP contribution in [-0.2, 0) is 0 Å². The fourth-order valence-electron chi connectivity index (χ4n) is 1.72. The predicted molar refractivity (Wildman–Crippen MR) is 82.0 cm³/mol. The molecule has 0 atom stereocenters. The quantitative estimate of drug-likeness (QED) is 0.845. The lowest BCUT2D eigenvalue weighted by Gasteiger charge is -2.09. The number of halogens is 1. The van der Waals surface area contributed by atoms with Crippen molar-refractivity contribution >= 4 is 33.3 Å². The maximum atomic E-state index is 12.2. The van der Waals surface area contributed by atoms with Crippen molar-refractivity contribution in [2.24, 2.45) is 0 Å². The van der Waals surface area contributed by atoms with Gasteiger partial charge in [0.05, 0.1) is 7.11 Å². The zero-order valence-electron chi connectivity index (χ0n) is 11.1. The first-order valence-corrected chi connectivity index (χ1v) is 6.67. The zero-order valence-corrected chi connectivity index (χ0v) is 12.7. The number of aromatic nitrogens is 1.